The van der Waals surface area contributed by atoms with Crippen LogP contribution in [0.3, 0.4) is 0 Å². The first-order valence-corrected chi connectivity index (χ1v) is 12.0. The van der Waals surface area contributed by atoms with E-state index in [-0.39, 0.29) is 28.0 Å². The van der Waals surface area contributed by atoms with Crippen LogP contribution in [0, 0.1) is 13.8 Å². The number of likely N-dealkylation sites (tertiary alicyclic amines) is 1. The van der Waals surface area contributed by atoms with E-state index in [0.29, 0.717) is 12.5 Å². The zero-order chi connectivity index (χ0) is 24.7. The molecule has 1 aromatic carbocycles. The van der Waals surface area contributed by atoms with Crippen molar-refractivity contribution in [1.29, 1.82) is 0 Å². The Morgan fingerprint density at radius 3 is 2.66 bits per heavy atom. The van der Waals surface area contributed by atoms with Crippen LogP contribution in [-0.4, -0.2) is 68.0 Å². The van der Waals surface area contributed by atoms with Gasteiger partial charge in [0, 0.05) is 32.7 Å². The summed E-state index contributed by atoms with van der Waals surface area (Å²) >= 11 is 5.88. The number of aryl methyl sites for hydroxylation is 2. The second-order valence-electron chi connectivity index (χ2n) is 9.36. The first-order chi connectivity index (χ1) is 16.7. The third-order valence-corrected chi connectivity index (χ3v) is 7.28. The number of benzene rings is 1. The molecule has 4 heterocycles. The quantitative estimate of drug-likeness (QED) is 0.420. The van der Waals surface area contributed by atoms with Crippen molar-refractivity contribution in [1.82, 2.24) is 35.1 Å². The Balaban J connectivity index is 1.17. The fourth-order valence-corrected chi connectivity index (χ4v) is 4.79. The maximum absolute atomic E-state index is 12.6. The number of rotatable bonds is 4. The predicted octanol–water partition coefficient (Wildman–Crippen LogP) is 1.48. The first kappa shape index (κ1) is 23.3. The predicted molar refractivity (Wildman–Crippen MR) is 136 cm³/mol. The molecular weight excluding hydrogens is 468 g/mol. The summed E-state index contributed by atoms with van der Waals surface area (Å²) in [5.41, 5.74) is 15.9. The Kier molecular flexibility index (Phi) is 5.97. The van der Waals surface area contributed by atoms with Gasteiger partial charge in [0.2, 0.25) is 0 Å². The fourth-order valence-electron chi connectivity index (χ4n) is 4.66. The molecule has 5 rings (SSSR count). The Labute approximate surface area is 208 Å². The average Bonchev–Trinajstić information content (AvgIpc) is 3.40. The second kappa shape index (κ2) is 8.97. The number of fused-ring (bicyclic) bond motifs is 1. The van der Waals surface area contributed by atoms with E-state index in [1.54, 1.807) is 0 Å². The lowest BCUT2D eigenvalue weighted by atomic mass is 9.88. The molecule has 0 aliphatic carbocycles. The molecule has 2 aromatic heterocycles. The van der Waals surface area contributed by atoms with Gasteiger partial charge >= 0.3 is 5.91 Å². The SMILES string of the molecule is Cc1cc2ncn(CCN3CCC4(CC3)CN/C(=N\C(=O)c3nc(Cl)c(N)nc3N)N4)c2cc1C. The normalized spacial score (nSPS) is 18.8. The number of aromatic nitrogens is 4. The summed E-state index contributed by atoms with van der Waals surface area (Å²) in [5, 5.41) is 6.53. The molecule has 2 aliphatic rings. The Morgan fingerprint density at radius 1 is 1.14 bits per heavy atom. The van der Waals surface area contributed by atoms with E-state index in [4.69, 9.17) is 23.1 Å². The highest BCUT2D eigenvalue weighted by Crippen LogP contribution is 2.25. The van der Waals surface area contributed by atoms with E-state index >= 15 is 0 Å². The molecule has 0 bridgehead atoms. The zero-order valence-electron chi connectivity index (χ0n) is 19.8. The number of nitrogens with one attached hydrogen (secondary N) is 2. The third kappa shape index (κ3) is 4.61. The zero-order valence-corrected chi connectivity index (χ0v) is 20.6. The van der Waals surface area contributed by atoms with E-state index in [1.165, 1.54) is 16.6 Å². The van der Waals surface area contributed by atoms with Gasteiger partial charge in [-0.3, -0.25) is 4.79 Å². The number of nitrogens with zero attached hydrogens (tertiary/aromatic N) is 6. The lowest BCUT2D eigenvalue weighted by Crippen LogP contribution is -2.53. The molecule has 6 N–H and O–H groups in total. The number of piperidine rings is 1. The number of anilines is 2. The van der Waals surface area contributed by atoms with Gasteiger partial charge in [0.15, 0.2) is 28.4 Å². The summed E-state index contributed by atoms with van der Waals surface area (Å²) in [7, 11) is 0. The highest BCUT2D eigenvalue weighted by Gasteiger charge is 2.39. The van der Waals surface area contributed by atoms with E-state index in [9.17, 15) is 4.79 Å². The number of carbonyl (C=O) groups excluding carboxylic acids is 1. The average molecular weight is 497 g/mol. The molecular formula is C23H29ClN10O. The molecule has 12 heteroatoms. The monoisotopic (exact) mass is 496 g/mol. The van der Waals surface area contributed by atoms with Crippen molar-refractivity contribution >= 4 is 46.1 Å². The van der Waals surface area contributed by atoms with Crippen LogP contribution in [0.25, 0.3) is 11.0 Å². The number of carbonyl (C=O) groups is 1. The molecule has 11 nitrogen and oxygen atoms in total. The summed E-state index contributed by atoms with van der Waals surface area (Å²) < 4.78 is 2.23. The Morgan fingerprint density at radius 2 is 1.89 bits per heavy atom. The molecule has 1 amide bonds. The molecule has 2 saturated heterocycles. The smallest absolute Gasteiger partial charge is 0.302 e. The van der Waals surface area contributed by atoms with E-state index < -0.39 is 5.91 Å². The number of nitrogen functional groups attached to an aromatic ring is 2. The lowest BCUT2D eigenvalue weighted by Gasteiger charge is -2.38. The first-order valence-electron chi connectivity index (χ1n) is 11.6. The van der Waals surface area contributed by atoms with Crippen LogP contribution in [-0.2, 0) is 6.54 Å². The van der Waals surface area contributed by atoms with E-state index in [1.807, 2.05) is 6.33 Å². The molecule has 2 aliphatic heterocycles. The Bertz CT molecular complexity index is 1330. The number of aliphatic imine (C=N–C) groups is 1. The van der Waals surface area contributed by atoms with Crippen molar-refractivity contribution in [2.75, 3.05) is 37.6 Å². The van der Waals surface area contributed by atoms with Crippen LogP contribution in [0.5, 0.6) is 0 Å². The lowest BCUT2D eigenvalue weighted by molar-refractivity contribution is 0.0998. The van der Waals surface area contributed by atoms with Crippen LogP contribution in [0.4, 0.5) is 11.6 Å². The number of hydrogen-bond acceptors (Lipinski definition) is 7. The third-order valence-electron chi connectivity index (χ3n) is 7.01. The molecule has 0 radical (unpaired) electrons. The van der Waals surface area contributed by atoms with Crippen molar-refractivity contribution < 1.29 is 4.79 Å². The summed E-state index contributed by atoms with van der Waals surface area (Å²) in [6.07, 6.45) is 3.81. The van der Waals surface area contributed by atoms with Gasteiger partial charge in [-0.25, -0.2) is 15.0 Å². The van der Waals surface area contributed by atoms with Crippen molar-refractivity contribution in [2.24, 2.45) is 4.99 Å². The van der Waals surface area contributed by atoms with Gasteiger partial charge in [-0.15, -0.1) is 0 Å². The Hall–Kier alpha value is -3.44. The summed E-state index contributed by atoms with van der Waals surface area (Å²) in [6, 6.07) is 4.37. The molecule has 3 aromatic rings. The van der Waals surface area contributed by atoms with Gasteiger partial charge in [0.25, 0.3) is 0 Å². The van der Waals surface area contributed by atoms with Crippen molar-refractivity contribution in [3.05, 3.63) is 40.4 Å². The highest BCUT2D eigenvalue weighted by atomic mass is 35.5. The van der Waals surface area contributed by atoms with Crippen molar-refractivity contribution in [2.45, 2.75) is 38.8 Å². The molecule has 0 unspecified atom stereocenters. The van der Waals surface area contributed by atoms with Gasteiger partial charge in [0.1, 0.15) is 0 Å². The summed E-state index contributed by atoms with van der Waals surface area (Å²) in [6.45, 7) is 8.70. The summed E-state index contributed by atoms with van der Waals surface area (Å²) in [5.74, 6) is -0.339. The molecule has 2 fully saturated rings. The van der Waals surface area contributed by atoms with Gasteiger partial charge in [-0.2, -0.15) is 4.99 Å². The van der Waals surface area contributed by atoms with Crippen molar-refractivity contribution in [3.8, 4) is 0 Å². The molecule has 0 atom stereocenters. The van der Waals surface area contributed by atoms with Crippen LogP contribution in [0.2, 0.25) is 5.15 Å². The van der Waals surface area contributed by atoms with Gasteiger partial charge in [-0.05, 0) is 49.9 Å². The minimum absolute atomic E-state index is 0.0253. The fraction of sp³-hybridized carbons (Fsp3) is 0.435. The number of amides is 1. The van der Waals surface area contributed by atoms with Crippen LogP contribution in [0.15, 0.2) is 23.5 Å². The minimum atomic E-state index is -0.626. The van der Waals surface area contributed by atoms with Gasteiger partial charge < -0.3 is 31.6 Å². The topological polar surface area (TPSA) is 152 Å². The molecule has 0 saturated carbocycles. The minimum Gasteiger partial charge on any atom is -0.382 e. The van der Waals surface area contributed by atoms with Crippen LogP contribution < -0.4 is 22.1 Å². The van der Waals surface area contributed by atoms with Crippen LogP contribution in [0.1, 0.15) is 34.5 Å². The number of nitrogens with two attached hydrogens (primary N) is 2. The van der Waals surface area contributed by atoms with Gasteiger partial charge in [-0.1, -0.05) is 11.6 Å². The van der Waals surface area contributed by atoms with Gasteiger partial charge in [0.05, 0.1) is 22.9 Å². The maximum Gasteiger partial charge on any atom is 0.302 e. The summed E-state index contributed by atoms with van der Waals surface area (Å²) in [4.78, 5) is 31.5. The number of halogens is 1. The maximum atomic E-state index is 12.6. The molecule has 35 heavy (non-hydrogen) atoms. The standard InChI is InChI=1S/C23H29ClN10O/c1-13-9-15-16(10-14(13)2)34(12-28-15)8-7-33-5-3-23(4-6-33)11-27-22(32-23)31-21(35)17-19(25)30-20(26)18(24)29-17/h9-10,12H,3-8,11H2,1-2H3,(H4,25,26,30)(H2,27,31,32,35). The second-order valence-corrected chi connectivity index (χ2v) is 9.72. The molecule has 184 valence electrons. The highest BCUT2D eigenvalue weighted by molar-refractivity contribution is 6.31. The largest absolute Gasteiger partial charge is 0.382 e. The number of hydrogen-bond donors (Lipinski definition) is 4. The molecule has 1 spiro atoms. The number of imidazole rings is 1. The number of guanidine groups is 1. The van der Waals surface area contributed by atoms with E-state index in [2.05, 4.69) is 66.0 Å². The van der Waals surface area contributed by atoms with Crippen LogP contribution >= 0.6 is 11.6 Å². The van der Waals surface area contributed by atoms with E-state index in [0.717, 1.165) is 44.5 Å². The van der Waals surface area contributed by atoms with Crippen molar-refractivity contribution in [3.63, 3.8) is 0 Å².